The molecule has 1 aromatic rings. The molecule has 3 nitrogen and oxygen atoms in total. The van der Waals surface area contributed by atoms with Crippen LogP contribution in [0.3, 0.4) is 0 Å². The van der Waals surface area contributed by atoms with Crippen molar-refractivity contribution in [2.24, 2.45) is 0 Å². The molecule has 0 radical (unpaired) electrons. The molecule has 0 bridgehead atoms. The maximum Gasteiger partial charge on any atom is 0.153 e. The van der Waals surface area contributed by atoms with Crippen LogP contribution in [0.5, 0.6) is 5.75 Å². The zero-order valence-corrected chi connectivity index (χ0v) is 6.80. The van der Waals surface area contributed by atoms with Crippen molar-refractivity contribution in [3.8, 4) is 11.8 Å². The van der Waals surface area contributed by atoms with Crippen molar-refractivity contribution in [3.63, 3.8) is 0 Å². The molecule has 0 saturated carbocycles. The van der Waals surface area contributed by atoms with Gasteiger partial charge in [-0.05, 0) is 0 Å². The fraction of sp³-hybridized carbons (Fsp3) is 0.143. The summed E-state index contributed by atoms with van der Waals surface area (Å²) in [6, 6.07) is 1.95. The van der Waals surface area contributed by atoms with E-state index in [-0.39, 0.29) is 0 Å². The van der Waals surface area contributed by atoms with Crippen LogP contribution in [0.4, 0.5) is 0 Å². The third-order valence-electron chi connectivity index (χ3n) is 1.20. The molecule has 4 heteroatoms. The summed E-state index contributed by atoms with van der Waals surface area (Å²) >= 11 is 4.06. The fourth-order valence-electron chi connectivity index (χ4n) is 0.732. The van der Waals surface area contributed by atoms with E-state index < -0.39 is 0 Å². The molecule has 0 aliphatic rings. The van der Waals surface area contributed by atoms with Crippen LogP contribution in [0.25, 0.3) is 0 Å². The Morgan fingerprint density at radius 2 is 2.36 bits per heavy atom. The average Bonchev–Trinajstić information content (AvgIpc) is 2.04. The maximum absolute atomic E-state index is 8.57. The standard InChI is InChI=1S/C7H6N2OS/c1-10-7-5(2-8)3-9-4-6(7)11/h3-4,11H,1H3. The predicted molar refractivity (Wildman–Crippen MR) is 42.8 cm³/mol. The second-order valence-electron chi connectivity index (χ2n) is 1.85. The number of hydrogen-bond donors (Lipinski definition) is 1. The third-order valence-corrected chi connectivity index (χ3v) is 1.52. The van der Waals surface area contributed by atoms with Gasteiger partial charge in [-0.2, -0.15) is 5.26 Å². The molecule has 1 heterocycles. The van der Waals surface area contributed by atoms with E-state index in [4.69, 9.17) is 10.00 Å². The Morgan fingerprint density at radius 1 is 1.64 bits per heavy atom. The van der Waals surface area contributed by atoms with E-state index in [1.165, 1.54) is 19.5 Å². The zero-order valence-electron chi connectivity index (χ0n) is 5.90. The molecule has 0 unspecified atom stereocenters. The molecule has 0 atom stereocenters. The number of nitriles is 1. The zero-order chi connectivity index (χ0) is 8.27. The molecule has 56 valence electrons. The lowest BCUT2D eigenvalue weighted by molar-refractivity contribution is 0.402. The monoisotopic (exact) mass is 166 g/mol. The molecule has 11 heavy (non-hydrogen) atoms. The SMILES string of the molecule is COc1c(S)cncc1C#N. The topological polar surface area (TPSA) is 45.9 Å². The van der Waals surface area contributed by atoms with Crippen LogP contribution in [0.1, 0.15) is 5.56 Å². The van der Waals surface area contributed by atoms with E-state index in [1.807, 2.05) is 6.07 Å². The average molecular weight is 166 g/mol. The number of methoxy groups -OCH3 is 1. The van der Waals surface area contributed by atoms with Crippen molar-refractivity contribution >= 4 is 12.6 Å². The first-order valence-electron chi connectivity index (χ1n) is 2.90. The van der Waals surface area contributed by atoms with Crippen LogP contribution in [-0.4, -0.2) is 12.1 Å². The van der Waals surface area contributed by atoms with Crippen LogP contribution in [-0.2, 0) is 0 Å². The Bertz CT molecular complexity index is 306. The summed E-state index contributed by atoms with van der Waals surface area (Å²) in [6.45, 7) is 0. The Kier molecular flexibility index (Phi) is 2.34. The molecule has 1 rings (SSSR count). The first-order chi connectivity index (χ1) is 5.29. The van der Waals surface area contributed by atoms with Crippen molar-refractivity contribution in [1.29, 1.82) is 5.26 Å². The van der Waals surface area contributed by atoms with E-state index in [9.17, 15) is 0 Å². The molecule has 0 spiro atoms. The molecular weight excluding hydrogens is 160 g/mol. The first kappa shape index (κ1) is 7.89. The van der Waals surface area contributed by atoms with Crippen LogP contribution in [0.15, 0.2) is 17.3 Å². The Morgan fingerprint density at radius 3 is 2.82 bits per heavy atom. The molecule has 1 aromatic heterocycles. The Balaban J connectivity index is 3.27. The molecule has 0 amide bonds. The van der Waals surface area contributed by atoms with Crippen LogP contribution in [0.2, 0.25) is 0 Å². The number of ether oxygens (including phenoxy) is 1. The van der Waals surface area contributed by atoms with E-state index in [0.717, 1.165) is 0 Å². The molecule has 0 aliphatic heterocycles. The largest absolute Gasteiger partial charge is 0.494 e. The van der Waals surface area contributed by atoms with Gasteiger partial charge in [0.15, 0.2) is 5.75 Å². The van der Waals surface area contributed by atoms with Crippen molar-refractivity contribution in [3.05, 3.63) is 18.0 Å². The molecule has 0 saturated heterocycles. The number of rotatable bonds is 1. The van der Waals surface area contributed by atoms with E-state index in [1.54, 1.807) is 0 Å². The fourth-order valence-corrected chi connectivity index (χ4v) is 1.01. The van der Waals surface area contributed by atoms with Gasteiger partial charge >= 0.3 is 0 Å². The maximum atomic E-state index is 8.57. The van der Waals surface area contributed by atoms with Gasteiger partial charge in [0, 0.05) is 12.4 Å². The number of nitrogens with zero attached hydrogens (tertiary/aromatic N) is 2. The lowest BCUT2D eigenvalue weighted by Crippen LogP contribution is -1.90. The predicted octanol–water partition coefficient (Wildman–Crippen LogP) is 1.25. The van der Waals surface area contributed by atoms with Crippen molar-refractivity contribution in [2.75, 3.05) is 7.11 Å². The van der Waals surface area contributed by atoms with Crippen LogP contribution >= 0.6 is 12.6 Å². The Labute approximate surface area is 70.0 Å². The summed E-state index contributed by atoms with van der Waals surface area (Å²) in [6.07, 6.45) is 2.97. The lowest BCUT2D eigenvalue weighted by atomic mass is 10.3. The van der Waals surface area contributed by atoms with E-state index >= 15 is 0 Å². The first-order valence-corrected chi connectivity index (χ1v) is 3.35. The minimum atomic E-state index is 0.403. The van der Waals surface area contributed by atoms with Gasteiger partial charge in [-0.15, -0.1) is 12.6 Å². The summed E-state index contributed by atoms with van der Waals surface area (Å²) in [7, 11) is 1.50. The van der Waals surface area contributed by atoms with Gasteiger partial charge in [-0.3, -0.25) is 4.98 Å². The highest BCUT2D eigenvalue weighted by atomic mass is 32.1. The lowest BCUT2D eigenvalue weighted by Gasteiger charge is -2.02. The second-order valence-corrected chi connectivity index (χ2v) is 2.33. The van der Waals surface area contributed by atoms with Crippen LogP contribution < -0.4 is 4.74 Å². The summed E-state index contributed by atoms with van der Waals surface area (Å²) in [5, 5.41) is 8.57. The third kappa shape index (κ3) is 1.44. The number of thiol groups is 1. The minimum absolute atomic E-state index is 0.403. The smallest absolute Gasteiger partial charge is 0.153 e. The quantitative estimate of drug-likeness (QED) is 0.639. The molecule has 0 aliphatic carbocycles. The molecule has 0 fully saturated rings. The van der Waals surface area contributed by atoms with Crippen molar-refractivity contribution in [1.82, 2.24) is 4.98 Å². The van der Waals surface area contributed by atoms with Crippen molar-refractivity contribution < 1.29 is 4.74 Å². The van der Waals surface area contributed by atoms with Gasteiger partial charge in [0.1, 0.15) is 11.6 Å². The number of hydrogen-bond acceptors (Lipinski definition) is 4. The molecular formula is C7H6N2OS. The van der Waals surface area contributed by atoms with Crippen molar-refractivity contribution in [2.45, 2.75) is 4.90 Å². The van der Waals surface area contributed by atoms with Crippen LogP contribution in [0, 0.1) is 11.3 Å². The number of aromatic nitrogens is 1. The van der Waals surface area contributed by atoms with E-state index in [2.05, 4.69) is 17.6 Å². The summed E-state index contributed by atoms with van der Waals surface area (Å²) in [4.78, 5) is 4.36. The second kappa shape index (κ2) is 3.26. The highest BCUT2D eigenvalue weighted by Gasteiger charge is 2.04. The van der Waals surface area contributed by atoms with Gasteiger partial charge in [0.25, 0.3) is 0 Å². The van der Waals surface area contributed by atoms with E-state index in [0.29, 0.717) is 16.2 Å². The van der Waals surface area contributed by atoms with Gasteiger partial charge in [0.05, 0.1) is 12.0 Å². The summed E-state index contributed by atoms with van der Waals surface area (Å²) in [5.74, 6) is 0.478. The van der Waals surface area contributed by atoms with Gasteiger partial charge in [-0.25, -0.2) is 0 Å². The minimum Gasteiger partial charge on any atom is -0.494 e. The van der Waals surface area contributed by atoms with Gasteiger partial charge < -0.3 is 4.74 Å². The van der Waals surface area contributed by atoms with Gasteiger partial charge in [0.2, 0.25) is 0 Å². The van der Waals surface area contributed by atoms with Gasteiger partial charge in [-0.1, -0.05) is 0 Å². The number of pyridine rings is 1. The molecule has 0 aromatic carbocycles. The summed E-state index contributed by atoms with van der Waals surface area (Å²) in [5.41, 5.74) is 0.403. The highest BCUT2D eigenvalue weighted by Crippen LogP contribution is 2.24. The molecule has 0 N–H and O–H groups in total. The highest BCUT2D eigenvalue weighted by molar-refractivity contribution is 7.80. The normalized spacial score (nSPS) is 8.82. The Hall–Kier alpha value is -1.21. The summed E-state index contributed by atoms with van der Waals surface area (Å²) < 4.78 is 4.93.